The summed E-state index contributed by atoms with van der Waals surface area (Å²) in [6.45, 7) is 9.94. The van der Waals surface area contributed by atoms with Gasteiger partial charge in [-0.05, 0) is 35.1 Å². The first-order valence-corrected chi connectivity index (χ1v) is 7.88. The van der Waals surface area contributed by atoms with Crippen LogP contribution in [0, 0.1) is 0 Å². The van der Waals surface area contributed by atoms with Crippen molar-refractivity contribution in [2.45, 2.75) is 46.5 Å². The largest absolute Gasteiger partial charge is 0.299 e. The number of rotatable bonds is 6. The van der Waals surface area contributed by atoms with Crippen molar-refractivity contribution in [3.8, 4) is 0 Å². The van der Waals surface area contributed by atoms with Gasteiger partial charge in [0.15, 0.2) is 0 Å². The zero-order chi connectivity index (χ0) is 15.7. The molecule has 0 saturated heterocycles. The lowest BCUT2D eigenvalue weighted by molar-refractivity contribution is -0.118. The van der Waals surface area contributed by atoms with Crippen LogP contribution in [0.2, 0.25) is 0 Å². The number of Topliss-reactive ketones (excluding diaryl/α,β-unsaturated/α-hetero) is 1. The van der Waals surface area contributed by atoms with Crippen LogP contribution in [0.4, 0.5) is 0 Å². The molecular weight excluding hydrogens is 256 g/mol. The predicted molar refractivity (Wildman–Crippen MR) is 92.3 cm³/mol. The molecule has 0 aliphatic heterocycles. The van der Waals surface area contributed by atoms with E-state index in [1.54, 1.807) is 0 Å². The lowest BCUT2D eigenvalue weighted by atomic mass is 10.1. The number of hydrogen-bond donors (Lipinski definition) is 0. The zero-order valence-electron chi connectivity index (χ0n) is 13.5. The van der Waals surface area contributed by atoms with E-state index in [1.807, 2.05) is 32.9 Å². The Kier molecular flexibility index (Phi) is 7.45. The number of benzene rings is 1. The Morgan fingerprint density at radius 2 is 2.00 bits per heavy atom. The van der Waals surface area contributed by atoms with Crippen LogP contribution in [-0.4, -0.2) is 5.78 Å². The van der Waals surface area contributed by atoms with Crippen molar-refractivity contribution in [1.29, 1.82) is 0 Å². The quantitative estimate of drug-likeness (QED) is 0.671. The minimum atomic E-state index is 0.315. The minimum absolute atomic E-state index is 0.315. The van der Waals surface area contributed by atoms with E-state index in [2.05, 4.69) is 36.9 Å². The van der Waals surface area contributed by atoms with Crippen LogP contribution in [0.15, 0.2) is 54.6 Å². The summed E-state index contributed by atoms with van der Waals surface area (Å²) >= 11 is 0. The van der Waals surface area contributed by atoms with Gasteiger partial charge in [0.25, 0.3) is 0 Å². The van der Waals surface area contributed by atoms with Crippen molar-refractivity contribution < 1.29 is 4.79 Å². The molecule has 0 N–H and O–H groups in total. The summed E-state index contributed by atoms with van der Waals surface area (Å²) in [4.78, 5) is 11.5. The second kappa shape index (κ2) is 9.12. The van der Waals surface area contributed by atoms with Gasteiger partial charge < -0.3 is 0 Å². The van der Waals surface area contributed by atoms with Crippen molar-refractivity contribution in [2.24, 2.45) is 0 Å². The Balaban J connectivity index is 0.00000106. The van der Waals surface area contributed by atoms with E-state index < -0.39 is 0 Å². The summed E-state index contributed by atoms with van der Waals surface area (Å²) in [7, 11) is 0. The molecule has 112 valence electrons. The third-order valence-electron chi connectivity index (χ3n) is 3.43. The number of allylic oxidation sites excluding steroid dienone is 5. The molecule has 1 aliphatic rings. The van der Waals surface area contributed by atoms with Gasteiger partial charge in [0.1, 0.15) is 5.78 Å². The van der Waals surface area contributed by atoms with Crippen molar-refractivity contribution in [3.63, 3.8) is 0 Å². The van der Waals surface area contributed by atoms with E-state index in [4.69, 9.17) is 0 Å². The van der Waals surface area contributed by atoms with Crippen LogP contribution in [0.25, 0.3) is 5.57 Å². The molecule has 0 amide bonds. The van der Waals surface area contributed by atoms with Crippen LogP contribution in [0.3, 0.4) is 0 Å². The SMILES string of the molecule is C=CC1=C(/C=C\CC(=O)CCC)Cc2ccccc21.CC. The van der Waals surface area contributed by atoms with E-state index in [0.29, 0.717) is 18.6 Å². The first kappa shape index (κ1) is 17.2. The summed E-state index contributed by atoms with van der Waals surface area (Å²) in [5, 5.41) is 0. The molecule has 0 spiro atoms. The molecular formula is C20H26O. The number of fused-ring (bicyclic) bond motifs is 1. The van der Waals surface area contributed by atoms with Crippen molar-refractivity contribution in [2.75, 3.05) is 0 Å². The van der Waals surface area contributed by atoms with Gasteiger partial charge in [-0.1, -0.05) is 69.8 Å². The maximum Gasteiger partial charge on any atom is 0.136 e. The fourth-order valence-corrected chi connectivity index (χ4v) is 2.51. The van der Waals surface area contributed by atoms with E-state index in [-0.39, 0.29) is 0 Å². The number of carbonyl (C=O) groups is 1. The lowest BCUT2D eigenvalue weighted by Gasteiger charge is -1.99. The van der Waals surface area contributed by atoms with Crippen LogP contribution >= 0.6 is 0 Å². The van der Waals surface area contributed by atoms with Gasteiger partial charge in [-0.2, -0.15) is 0 Å². The summed E-state index contributed by atoms with van der Waals surface area (Å²) < 4.78 is 0. The summed E-state index contributed by atoms with van der Waals surface area (Å²) in [6.07, 6.45) is 9.08. The molecule has 0 bridgehead atoms. The highest BCUT2D eigenvalue weighted by atomic mass is 16.1. The highest BCUT2D eigenvalue weighted by Gasteiger charge is 2.16. The third kappa shape index (κ3) is 4.56. The van der Waals surface area contributed by atoms with Crippen molar-refractivity contribution in [3.05, 3.63) is 65.8 Å². The zero-order valence-corrected chi connectivity index (χ0v) is 13.5. The Hall–Kier alpha value is -1.89. The topological polar surface area (TPSA) is 17.1 Å². The van der Waals surface area contributed by atoms with Gasteiger partial charge in [-0.25, -0.2) is 0 Å². The molecule has 0 unspecified atom stereocenters. The van der Waals surface area contributed by atoms with E-state index in [0.717, 1.165) is 12.8 Å². The van der Waals surface area contributed by atoms with Gasteiger partial charge in [0, 0.05) is 12.8 Å². The van der Waals surface area contributed by atoms with Crippen LogP contribution in [0.5, 0.6) is 0 Å². The van der Waals surface area contributed by atoms with Crippen molar-refractivity contribution in [1.82, 2.24) is 0 Å². The van der Waals surface area contributed by atoms with Gasteiger partial charge in [0.2, 0.25) is 0 Å². The highest BCUT2D eigenvalue weighted by Crippen LogP contribution is 2.33. The standard InChI is InChI=1S/C18H20O.C2H6/c1-3-8-16(19)11-7-10-14-13-15-9-5-6-12-18(15)17(14)4-2;1-2/h4-7,9-10,12H,2-3,8,11,13H2,1H3;1-2H3/b10-7-;. The summed E-state index contributed by atoms with van der Waals surface area (Å²) in [6, 6.07) is 8.41. The van der Waals surface area contributed by atoms with Crippen molar-refractivity contribution >= 4 is 11.4 Å². The number of hydrogen-bond acceptors (Lipinski definition) is 1. The molecule has 1 heteroatoms. The fourth-order valence-electron chi connectivity index (χ4n) is 2.51. The molecule has 0 heterocycles. The minimum Gasteiger partial charge on any atom is -0.299 e. The molecule has 0 saturated carbocycles. The Morgan fingerprint density at radius 1 is 1.29 bits per heavy atom. The average molecular weight is 282 g/mol. The monoisotopic (exact) mass is 282 g/mol. The molecule has 2 rings (SSSR count). The van der Waals surface area contributed by atoms with Gasteiger partial charge in [-0.15, -0.1) is 0 Å². The first-order valence-electron chi connectivity index (χ1n) is 7.88. The predicted octanol–water partition coefficient (Wildman–Crippen LogP) is 5.52. The Labute approximate surface area is 129 Å². The van der Waals surface area contributed by atoms with Gasteiger partial charge in [0.05, 0.1) is 0 Å². The molecule has 1 nitrogen and oxygen atoms in total. The summed E-state index contributed by atoms with van der Waals surface area (Å²) in [5.74, 6) is 0.315. The molecule has 1 aromatic carbocycles. The molecule has 0 atom stereocenters. The van der Waals surface area contributed by atoms with Gasteiger partial charge in [-0.3, -0.25) is 4.79 Å². The lowest BCUT2D eigenvalue weighted by Crippen LogP contribution is -1.93. The van der Waals surface area contributed by atoms with E-state index in [9.17, 15) is 4.79 Å². The molecule has 1 aromatic rings. The number of ketones is 1. The Bertz CT molecular complexity index is 547. The van der Waals surface area contributed by atoms with Crippen LogP contribution in [0.1, 0.15) is 51.2 Å². The normalized spacial score (nSPS) is 12.9. The van der Waals surface area contributed by atoms with E-state index in [1.165, 1.54) is 22.3 Å². The van der Waals surface area contributed by atoms with Gasteiger partial charge >= 0.3 is 0 Å². The fraction of sp³-hybridized carbons (Fsp3) is 0.350. The van der Waals surface area contributed by atoms with E-state index >= 15 is 0 Å². The Morgan fingerprint density at radius 3 is 2.67 bits per heavy atom. The second-order valence-corrected chi connectivity index (χ2v) is 4.87. The molecule has 21 heavy (non-hydrogen) atoms. The van der Waals surface area contributed by atoms with Crippen LogP contribution < -0.4 is 0 Å². The number of carbonyl (C=O) groups excluding carboxylic acids is 1. The highest BCUT2D eigenvalue weighted by molar-refractivity contribution is 5.84. The molecule has 1 aliphatic carbocycles. The third-order valence-corrected chi connectivity index (χ3v) is 3.43. The van der Waals surface area contributed by atoms with Crippen LogP contribution in [-0.2, 0) is 11.2 Å². The second-order valence-electron chi connectivity index (χ2n) is 4.87. The summed E-state index contributed by atoms with van der Waals surface area (Å²) in [5.41, 5.74) is 5.09. The molecule has 0 aromatic heterocycles. The molecule has 0 fully saturated rings. The maximum absolute atomic E-state index is 11.5. The smallest absolute Gasteiger partial charge is 0.136 e. The first-order chi connectivity index (χ1) is 10.3. The maximum atomic E-state index is 11.5. The molecule has 0 radical (unpaired) electrons. The average Bonchev–Trinajstić information content (AvgIpc) is 2.87.